The van der Waals surface area contributed by atoms with Crippen molar-refractivity contribution in [1.82, 2.24) is 20.2 Å². The Bertz CT molecular complexity index is 1270. The fourth-order valence-electron chi connectivity index (χ4n) is 4.66. The zero-order chi connectivity index (χ0) is 24.0. The summed E-state index contributed by atoms with van der Waals surface area (Å²) in [6.45, 7) is 5.50. The number of nitrogens with zero attached hydrogens (tertiary/aromatic N) is 3. The summed E-state index contributed by atoms with van der Waals surface area (Å²) in [6.07, 6.45) is 3.28. The first-order chi connectivity index (χ1) is 16.3. The number of carbonyl (C=O) groups is 1. The van der Waals surface area contributed by atoms with Gasteiger partial charge in [-0.1, -0.05) is 29.6 Å². The summed E-state index contributed by atoms with van der Waals surface area (Å²) in [5.74, 6) is 1.05. The molecule has 2 aliphatic rings. The lowest BCUT2D eigenvalue weighted by Gasteiger charge is -2.34. The topological polar surface area (TPSA) is 68.6 Å². The van der Waals surface area contributed by atoms with Crippen molar-refractivity contribution in [3.05, 3.63) is 57.7 Å². The van der Waals surface area contributed by atoms with Crippen molar-refractivity contribution in [2.45, 2.75) is 38.7 Å². The highest BCUT2D eigenvalue weighted by molar-refractivity contribution is 6.35. The molecule has 1 amide bonds. The number of fused-ring (bicyclic) bond motifs is 3. The molecule has 7 nitrogen and oxygen atoms in total. The van der Waals surface area contributed by atoms with Gasteiger partial charge >= 0.3 is 0 Å². The van der Waals surface area contributed by atoms with E-state index in [0.717, 1.165) is 37.2 Å². The van der Waals surface area contributed by atoms with Crippen molar-refractivity contribution in [1.29, 1.82) is 0 Å². The summed E-state index contributed by atoms with van der Waals surface area (Å²) >= 11 is 12.7. The van der Waals surface area contributed by atoms with E-state index >= 15 is 0 Å². The van der Waals surface area contributed by atoms with Crippen molar-refractivity contribution in [3.63, 3.8) is 0 Å². The van der Waals surface area contributed by atoms with Crippen LogP contribution in [0.2, 0.25) is 10.0 Å². The predicted octanol–water partition coefficient (Wildman–Crippen LogP) is 6.03. The molecule has 10 heteroatoms. The second-order valence-corrected chi connectivity index (χ2v) is 9.89. The van der Waals surface area contributed by atoms with Gasteiger partial charge in [-0.3, -0.25) is 10.2 Å². The van der Waals surface area contributed by atoms with E-state index in [-0.39, 0.29) is 18.3 Å². The van der Waals surface area contributed by atoms with Crippen molar-refractivity contribution in [2.75, 3.05) is 20.2 Å². The third-order valence-electron chi connectivity index (χ3n) is 6.27. The summed E-state index contributed by atoms with van der Waals surface area (Å²) in [5, 5.41) is 7.71. The van der Waals surface area contributed by atoms with E-state index in [1.165, 1.54) is 6.42 Å². The van der Waals surface area contributed by atoms with E-state index in [4.69, 9.17) is 37.8 Å². The number of hydrogen-bond donors (Lipinski definition) is 1. The number of methoxy groups -OCH3 is 1. The highest BCUT2D eigenvalue weighted by Crippen LogP contribution is 2.49. The fraction of sp³-hybridized carbons (Fsp3) is 0.360. The molecule has 3 heterocycles. The minimum atomic E-state index is -0.833. The quantitative estimate of drug-likeness (QED) is 0.440. The zero-order valence-electron chi connectivity index (χ0n) is 19.7. The van der Waals surface area contributed by atoms with Crippen LogP contribution in [0.25, 0.3) is 16.9 Å². The summed E-state index contributed by atoms with van der Waals surface area (Å²) in [7, 11) is 1.61. The van der Waals surface area contributed by atoms with Gasteiger partial charge in [-0.15, -0.1) is 12.4 Å². The standard InChI is InChI=1S/C25H26Cl2N4O3.ClH/c1-25(2)21-22(24(32)29-30-11-5-4-6-12-30)28-31(19-10-7-15(26)13-18(19)27)23(21)17-9-8-16(33-3)14-20(17)34-25;/h7-10,13-14H,4-6,11-12H2,1-3H3,(H,29,32);1H. The summed E-state index contributed by atoms with van der Waals surface area (Å²) in [5.41, 5.74) is 5.39. The molecule has 2 aromatic carbocycles. The Morgan fingerprint density at radius 3 is 2.54 bits per heavy atom. The number of hydrogen-bond acceptors (Lipinski definition) is 5. The molecular formula is C25H27Cl3N4O3. The van der Waals surface area contributed by atoms with Crippen LogP contribution in [-0.2, 0) is 5.60 Å². The predicted molar refractivity (Wildman–Crippen MR) is 139 cm³/mol. The maximum absolute atomic E-state index is 13.5. The van der Waals surface area contributed by atoms with Gasteiger partial charge in [0.1, 0.15) is 17.1 Å². The second-order valence-electron chi connectivity index (χ2n) is 9.04. The van der Waals surface area contributed by atoms with Crippen LogP contribution in [0.3, 0.4) is 0 Å². The van der Waals surface area contributed by atoms with Gasteiger partial charge in [0.05, 0.1) is 29.1 Å². The smallest absolute Gasteiger partial charge is 0.286 e. The van der Waals surface area contributed by atoms with Crippen LogP contribution >= 0.6 is 35.6 Å². The number of halogens is 3. The lowest BCUT2D eigenvalue weighted by atomic mass is 9.88. The number of piperidine rings is 1. The first-order valence-corrected chi connectivity index (χ1v) is 12.1. The highest BCUT2D eigenvalue weighted by atomic mass is 35.5. The minimum Gasteiger partial charge on any atom is -0.497 e. The van der Waals surface area contributed by atoms with E-state index in [0.29, 0.717) is 38.5 Å². The monoisotopic (exact) mass is 536 g/mol. The zero-order valence-corrected chi connectivity index (χ0v) is 22.1. The molecule has 0 aliphatic carbocycles. The first-order valence-electron chi connectivity index (χ1n) is 11.3. The van der Waals surface area contributed by atoms with E-state index in [1.807, 2.05) is 37.1 Å². The van der Waals surface area contributed by atoms with Crippen molar-refractivity contribution in [3.8, 4) is 28.4 Å². The molecule has 0 atom stereocenters. The van der Waals surface area contributed by atoms with Gasteiger partial charge in [-0.2, -0.15) is 5.10 Å². The Labute approximate surface area is 220 Å². The third kappa shape index (κ3) is 4.70. The third-order valence-corrected chi connectivity index (χ3v) is 6.80. The number of aromatic nitrogens is 2. The molecule has 1 saturated heterocycles. The van der Waals surface area contributed by atoms with Crippen LogP contribution in [0.15, 0.2) is 36.4 Å². The molecule has 3 aromatic rings. The molecule has 186 valence electrons. The SMILES string of the molecule is COc1ccc2c(c1)OC(C)(C)c1c(C(=O)NN3CCCCC3)nn(-c3ccc(Cl)cc3Cl)c1-2.Cl. The lowest BCUT2D eigenvalue weighted by Crippen LogP contribution is -2.46. The molecule has 5 rings (SSSR count). The second kappa shape index (κ2) is 9.90. The number of nitrogens with one attached hydrogen (secondary N) is 1. The Morgan fingerprint density at radius 1 is 1.11 bits per heavy atom. The van der Waals surface area contributed by atoms with E-state index in [2.05, 4.69) is 5.43 Å². The van der Waals surface area contributed by atoms with Crippen LogP contribution in [-0.4, -0.2) is 40.9 Å². The Kier molecular flexibility index (Phi) is 7.25. The van der Waals surface area contributed by atoms with Crippen LogP contribution in [0.1, 0.15) is 49.2 Å². The van der Waals surface area contributed by atoms with Crippen LogP contribution in [0, 0.1) is 0 Å². The number of amides is 1. The minimum absolute atomic E-state index is 0. The van der Waals surface area contributed by atoms with Crippen LogP contribution in [0.4, 0.5) is 0 Å². The summed E-state index contributed by atoms with van der Waals surface area (Å²) in [6, 6.07) is 10.8. The van der Waals surface area contributed by atoms with Crippen LogP contribution in [0.5, 0.6) is 11.5 Å². The molecule has 0 bridgehead atoms. The van der Waals surface area contributed by atoms with Gasteiger partial charge < -0.3 is 9.47 Å². The molecule has 0 spiro atoms. The highest BCUT2D eigenvalue weighted by Gasteiger charge is 2.42. The van der Waals surface area contributed by atoms with Gasteiger partial charge in [0.15, 0.2) is 5.69 Å². The number of hydrazine groups is 1. The van der Waals surface area contributed by atoms with Gasteiger partial charge in [0.2, 0.25) is 0 Å². The van der Waals surface area contributed by atoms with Gasteiger partial charge in [0, 0.05) is 29.7 Å². The van der Waals surface area contributed by atoms with Gasteiger partial charge in [-0.25, -0.2) is 9.69 Å². The number of ether oxygens (including phenoxy) is 2. The molecule has 1 N–H and O–H groups in total. The summed E-state index contributed by atoms with van der Waals surface area (Å²) in [4.78, 5) is 13.5. The molecular weight excluding hydrogens is 511 g/mol. The largest absolute Gasteiger partial charge is 0.497 e. The maximum atomic E-state index is 13.5. The summed E-state index contributed by atoms with van der Waals surface area (Å²) < 4.78 is 13.5. The number of rotatable bonds is 4. The average Bonchev–Trinajstić information content (AvgIpc) is 3.21. The molecule has 35 heavy (non-hydrogen) atoms. The molecule has 0 radical (unpaired) electrons. The van der Waals surface area contributed by atoms with E-state index in [9.17, 15) is 4.79 Å². The fourth-order valence-corrected chi connectivity index (χ4v) is 5.15. The maximum Gasteiger partial charge on any atom is 0.286 e. The molecule has 2 aliphatic heterocycles. The number of carbonyl (C=O) groups excluding carboxylic acids is 1. The van der Waals surface area contributed by atoms with Crippen molar-refractivity contribution >= 4 is 41.5 Å². The van der Waals surface area contributed by atoms with E-state index in [1.54, 1.807) is 30.0 Å². The number of benzene rings is 2. The normalized spacial score (nSPS) is 16.4. The Balaban J connectivity index is 0.00000289. The van der Waals surface area contributed by atoms with Gasteiger partial charge in [0.25, 0.3) is 5.91 Å². The average molecular weight is 538 g/mol. The first kappa shape index (κ1) is 25.6. The van der Waals surface area contributed by atoms with Crippen molar-refractivity contribution < 1.29 is 14.3 Å². The van der Waals surface area contributed by atoms with E-state index < -0.39 is 5.60 Å². The molecule has 1 fully saturated rings. The Morgan fingerprint density at radius 2 is 1.86 bits per heavy atom. The lowest BCUT2D eigenvalue weighted by molar-refractivity contribution is 0.0720. The van der Waals surface area contributed by atoms with Crippen molar-refractivity contribution in [2.24, 2.45) is 0 Å². The van der Waals surface area contributed by atoms with Crippen LogP contribution < -0.4 is 14.9 Å². The molecule has 0 unspecified atom stereocenters. The molecule has 0 saturated carbocycles. The molecule has 1 aromatic heterocycles. The Hall–Kier alpha value is -2.45. The van der Waals surface area contributed by atoms with Gasteiger partial charge in [-0.05, 0) is 57.0 Å².